The Bertz CT molecular complexity index is 454. The van der Waals surface area contributed by atoms with Crippen LogP contribution in [-0.4, -0.2) is 53.7 Å². The second-order valence-electron chi connectivity index (χ2n) is 7.27. The van der Waals surface area contributed by atoms with E-state index in [9.17, 15) is 14.4 Å². The minimum absolute atomic E-state index is 0.0446. The summed E-state index contributed by atoms with van der Waals surface area (Å²) in [4.78, 5) is 39.8. The molecule has 130 valence electrons. The Hall–Kier alpha value is -1.43. The molecule has 1 heterocycles. The van der Waals surface area contributed by atoms with E-state index >= 15 is 0 Å². The van der Waals surface area contributed by atoms with E-state index in [4.69, 9.17) is 5.73 Å². The number of rotatable bonds is 6. The highest BCUT2D eigenvalue weighted by Crippen LogP contribution is 2.37. The SMILES string of the molecule is CC(C)C(N)CCN(C)C(=O)CN1C(=O)C2CCCCC2C1=O. The number of nitrogens with zero attached hydrogens (tertiary/aromatic N) is 2. The van der Waals surface area contributed by atoms with Crippen molar-refractivity contribution in [3.8, 4) is 0 Å². The maximum atomic E-state index is 12.4. The molecule has 0 bridgehead atoms. The van der Waals surface area contributed by atoms with Crippen molar-refractivity contribution in [3.05, 3.63) is 0 Å². The molecular weight excluding hydrogens is 294 g/mol. The average Bonchev–Trinajstić information content (AvgIpc) is 2.77. The fourth-order valence-corrected chi connectivity index (χ4v) is 3.44. The predicted octanol–water partition coefficient (Wildman–Crippen LogP) is 0.993. The summed E-state index contributed by atoms with van der Waals surface area (Å²) in [5.74, 6) is -0.516. The molecule has 1 aliphatic heterocycles. The Labute approximate surface area is 138 Å². The Morgan fingerprint density at radius 1 is 1.22 bits per heavy atom. The summed E-state index contributed by atoms with van der Waals surface area (Å²) < 4.78 is 0. The molecule has 0 aromatic rings. The van der Waals surface area contributed by atoms with Crippen LogP contribution in [0.3, 0.4) is 0 Å². The van der Waals surface area contributed by atoms with Crippen molar-refractivity contribution in [2.45, 2.75) is 52.0 Å². The van der Waals surface area contributed by atoms with E-state index in [-0.39, 0.29) is 42.1 Å². The quantitative estimate of drug-likeness (QED) is 0.739. The molecule has 0 spiro atoms. The van der Waals surface area contributed by atoms with Crippen molar-refractivity contribution in [2.24, 2.45) is 23.5 Å². The van der Waals surface area contributed by atoms with Crippen molar-refractivity contribution >= 4 is 17.7 Å². The first-order valence-corrected chi connectivity index (χ1v) is 8.67. The largest absolute Gasteiger partial charge is 0.344 e. The van der Waals surface area contributed by atoms with Gasteiger partial charge >= 0.3 is 0 Å². The molecule has 3 unspecified atom stereocenters. The second kappa shape index (κ2) is 7.43. The average molecular weight is 323 g/mol. The highest BCUT2D eigenvalue weighted by molar-refractivity contribution is 6.07. The molecule has 2 rings (SSSR count). The lowest BCUT2D eigenvalue weighted by Gasteiger charge is -2.23. The summed E-state index contributed by atoms with van der Waals surface area (Å²) in [5, 5.41) is 0. The molecule has 23 heavy (non-hydrogen) atoms. The van der Waals surface area contributed by atoms with Crippen LogP contribution in [0.5, 0.6) is 0 Å². The Balaban J connectivity index is 1.89. The third-order valence-corrected chi connectivity index (χ3v) is 5.31. The lowest BCUT2D eigenvalue weighted by atomic mass is 9.81. The number of carbonyl (C=O) groups is 3. The number of fused-ring (bicyclic) bond motifs is 1. The molecule has 0 aromatic carbocycles. The fourth-order valence-electron chi connectivity index (χ4n) is 3.44. The van der Waals surface area contributed by atoms with Gasteiger partial charge in [-0.25, -0.2) is 0 Å². The van der Waals surface area contributed by atoms with Crippen molar-refractivity contribution in [1.29, 1.82) is 0 Å². The molecular formula is C17H29N3O3. The van der Waals surface area contributed by atoms with Gasteiger partial charge in [-0.2, -0.15) is 0 Å². The highest BCUT2D eigenvalue weighted by Gasteiger charge is 2.48. The van der Waals surface area contributed by atoms with E-state index in [1.165, 1.54) is 4.90 Å². The molecule has 2 aliphatic rings. The van der Waals surface area contributed by atoms with Gasteiger partial charge in [0.2, 0.25) is 17.7 Å². The van der Waals surface area contributed by atoms with Crippen LogP contribution >= 0.6 is 0 Å². The van der Waals surface area contributed by atoms with E-state index in [1.54, 1.807) is 11.9 Å². The minimum Gasteiger partial charge on any atom is -0.344 e. The Kier molecular flexibility index (Phi) is 5.79. The standard InChI is InChI=1S/C17H29N3O3/c1-11(2)14(18)8-9-19(3)15(21)10-20-16(22)12-6-4-5-7-13(12)17(20)23/h11-14H,4-10,18H2,1-3H3. The first-order valence-electron chi connectivity index (χ1n) is 8.67. The van der Waals surface area contributed by atoms with Crippen LogP contribution < -0.4 is 5.73 Å². The van der Waals surface area contributed by atoms with Crippen LogP contribution in [-0.2, 0) is 14.4 Å². The third kappa shape index (κ3) is 3.91. The van der Waals surface area contributed by atoms with E-state index in [0.29, 0.717) is 18.9 Å². The van der Waals surface area contributed by atoms with E-state index < -0.39 is 0 Å². The molecule has 2 fully saturated rings. The van der Waals surface area contributed by atoms with Gasteiger partial charge < -0.3 is 10.6 Å². The van der Waals surface area contributed by atoms with Crippen molar-refractivity contribution in [3.63, 3.8) is 0 Å². The molecule has 1 aliphatic carbocycles. The molecule has 1 saturated carbocycles. The van der Waals surface area contributed by atoms with Crippen molar-refractivity contribution in [2.75, 3.05) is 20.1 Å². The molecule has 3 atom stereocenters. The maximum absolute atomic E-state index is 12.4. The number of hydrogen-bond donors (Lipinski definition) is 1. The topological polar surface area (TPSA) is 83.7 Å². The van der Waals surface area contributed by atoms with Gasteiger partial charge in [-0.1, -0.05) is 26.7 Å². The Morgan fingerprint density at radius 3 is 2.22 bits per heavy atom. The third-order valence-electron chi connectivity index (χ3n) is 5.31. The van der Waals surface area contributed by atoms with E-state index in [0.717, 1.165) is 25.7 Å². The number of amides is 3. The van der Waals surface area contributed by atoms with Crippen LogP contribution in [0, 0.1) is 17.8 Å². The number of likely N-dealkylation sites (tertiary alicyclic amines) is 1. The zero-order chi connectivity index (χ0) is 17.1. The summed E-state index contributed by atoms with van der Waals surface area (Å²) in [7, 11) is 1.70. The van der Waals surface area contributed by atoms with Gasteiger partial charge in [0.15, 0.2) is 0 Å². The van der Waals surface area contributed by atoms with Gasteiger partial charge in [0, 0.05) is 19.6 Å². The summed E-state index contributed by atoms with van der Waals surface area (Å²) in [5.41, 5.74) is 6.00. The van der Waals surface area contributed by atoms with Gasteiger partial charge in [0.25, 0.3) is 0 Å². The number of imide groups is 1. The smallest absolute Gasteiger partial charge is 0.242 e. The number of likely N-dealkylation sites (N-methyl/N-ethyl adjacent to an activating group) is 1. The summed E-state index contributed by atoms with van der Waals surface area (Å²) in [6, 6.07) is 0.0446. The molecule has 3 amide bonds. The first-order chi connectivity index (χ1) is 10.8. The normalized spacial score (nSPS) is 25.7. The molecule has 2 N–H and O–H groups in total. The molecule has 6 heteroatoms. The van der Waals surface area contributed by atoms with Crippen LogP contribution in [0.25, 0.3) is 0 Å². The zero-order valence-corrected chi connectivity index (χ0v) is 14.5. The van der Waals surface area contributed by atoms with Crippen molar-refractivity contribution < 1.29 is 14.4 Å². The predicted molar refractivity (Wildman–Crippen MR) is 87.2 cm³/mol. The minimum atomic E-state index is -0.193. The summed E-state index contributed by atoms with van der Waals surface area (Å²) in [6.45, 7) is 4.52. The number of nitrogens with two attached hydrogens (primary N) is 1. The van der Waals surface area contributed by atoms with Gasteiger partial charge in [-0.3, -0.25) is 19.3 Å². The first kappa shape index (κ1) is 17.9. The molecule has 1 saturated heterocycles. The number of hydrogen-bond acceptors (Lipinski definition) is 4. The lowest BCUT2D eigenvalue weighted by Crippen LogP contribution is -2.43. The molecule has 0 aromatic heterocycles. The van der Waals surface area contributed by atoms with Crippen LogP contribution in [0.15, 0.2) is 0 Å². The maximum Gasteiger partial charge on any atom is 0.242 e. The van der Waals surface area contributed by atoms with Gasteiger partial charge in [0.1, 0.15) is 6.54 Å². The lowest BCUT2D eigenvalue weighted by molar-refractivity contribution is -0.146. The van der Waals surface area contributed by atoms with Crippen LogP contribution in [0.4, 0.5) is 0 Å². The molecule has 0 radical (unpaired) electrons. The van der Waals surface area contributed by atoms with Gasteiger partial charge in [-0.15, -0.1) is 0 Å². The van der Waals surface area contributed by atoms with E-state index in [1.807, 2.05) is 0 Å². The van der Waals surface area contributed by atoms with Crippen LogP contribution in [0.1, 0.15) is 46.0 Å². The second-order valence-corrected chi connectivity index (χ2v) is 7.27. The van der Waals surface area contributed by atoms with Crippen molar-refractivity contribution in [1.82, 2.24) is 9.80 Å². The monoisotopic (exact) mass is 323 g/mol. The van der Waals surface area contributed by atoms with E-state index in [2.05, 4.69) is 13.8 Å². The van der Waals surface area contributed by atoms with Crippen LogP contribution in [0.2, 0.25) is 0 Å². The molecule has 6 nitrogen and oxygen atoms in total. The van der Waals surface area contributed by atoms with Gasteiger partial charge in [0.05, 0.1) is 11.8 Å². The van der Waals surface area contributed by atoms with Gasteiger partial charge in [-0.05, 0) is 25.2 Å². The summed E-state index contributed by atoms with van der Waals surface area (Å²) >= 11 is 0. The summed E-state index contributed by atoms with van der Waals surface area (Å²) in [6.07, 6.45) is 4.26. The zero-order valence-electron chi connectivity index (χ0n) is 14.5. The fraction of sp³-hybridized carbons (Fsp3) is 0.824. The Morgan fingerprint density at radius 2 is 1.74 bits per heavy atom. The number of carbonyl (C=O) groups excluding carboxylic acids is 3. The highest BCUT2D eigenvalue weighted by atomic mass is 16.2.